The predicted molar refractivity (Wildman–Crippen MR) is 74.0 cm³/mol. The molecule has 0 spiro atoms. The van der Waals surface area contributed by atoms with Gasteiger partial charge < -0.3 is 10.3 Å². The highest BCUT2D eigenvalue weighted by Gasteiger charge is 2.30. The van der Waals surface area contributed by atoms with Gasteiger partial charge in [-0.05, 0) is 26.2 Å². The van der Waals surface area contributed by atoms with E-state index in [1.54, 1.807) is 6.20 Å². The third-order valence-electron chi connectivity index (χ3n) is 3.68. The van der Waals surface area contributed by atoms with E-state index in [0.29, 0.717) is 18.1 Å². The minimum atomic E-state index is -0.231. The van der Waals surface area contributed by atoms with Crippen molar-refractivity contribution in [3.8, 4) is 10.8 Å². The highest BCUT2D eigenvalue weighted by molar-refractivity contribution is 7.14. The molecule has 20 heavy (non-hydrogen) atoms. The molecule has 1 amide bonds. The van der Waals surface area contributed by atoms with Gasteiger partial charge in [0.05, 0.1) is 0 Å². The second-order valence-electron chi connectivity index (χ2n) is 5.20. The number of carbonyl (C=O) groups is 1. The largest absolute Gasteiger partial charge is 0.369 e. The highest BCUT2D eigenvalue weighted by atomic mass is 32.1. The van der Waals surface area contributed by atoms with E-state index < -0.39 is 0 Å². The molecular weight excluding hydrogens is 276 g/mol. The molecular formula is C13H16N4O2S. The first-order valence-electron chi connectivity index (χ1n) is 6.69. The van der Waals surface area contributed by atoms with E-state index >= 15 is 0 Å². The van der Waals surface area contributed by atoms with Gasteiger partial charge in [0.15, 0.2) is 5.01 Å². The number of hydrogen-bond acceptors (Lipinski definition) is 6. The molecule has 106 valence electrons. The number of carbonyl (C=O) groups excluding carboxylic acids is 1. The Bertz CT molecular complexity index is 621. The zero-order valence-electron chi connectivity index (χ0n) is 11.2. The van der Waals surface area contributed by atoms with Gasteiger partial charge in [0.1, 0.15) is 0 Å². The molecule has 1 fully saturated rings. The van der Waals surface area contributed by atoms with E-state index in [9.17, 15) is 4.79 Å². The number of primary amides is 1. The standard InChI is InChI=1S/C13H16N4O2S/c1-7-6-15-13(20-7)11-16-12(19-17-11)9-4-2-3-8(5-9)10(14)18/h6,8-9H,2-5H2,1H3,(H2,14,18). The van der Waals surface area contributed by atoms with E-state index in [0.717, 1.165) is 29.1 Å². The smallest absolute Gasteiger partial charge is 0.231 e. The fraction of sp³-hybridized carbons (Fsp3) is 0.538. The van der Waals surface area contributed by atoms with Crippen LogP contribution in [0.3, 0.4) is 0 Å². The van der Waals surface area contributed by atoms with Crippen molar-refractivity contribution in [3.63, 3.8) is 0 Å². The van der Waals surface area contributed by atoms with Gasteiger partial charge in [0.2, 0.25) is 17.6 Å². The van der Waals surface area contributed by atoms with Crippen molar-refractivity contribution >= 4 is 17.2 Å². The summed E-state index contributed by atoms with van der Waals surface area (Å²) in [4.78, 5) is 21.1. The lowest BCUT2D eigenvalue weighted by atomic mass is 9.81. The zero-order valence-corrected chi connectivity index (χ0v) is 12.0. The maximum absolute atomic E-state index is 11.3. The lowest BCUT2D eigenvalue weighted by Gasteiger charge is -2.24. The Morgan fingerprint density at radius 1 is 1.50 bits per heavy atom. The van der Waals surface area contributed by atoms with Crippen LogP contribution in [0.5, 0.6) is 0 Å². The molecule has 0 aromatic carbocycles. The average Bonchev–Trinajstić information content (AvgIpc) is 3.07. The second kappa shape index (κ2) is 5.32. The van der Waals surface area contributed by atoms with Crippen molar-refractivity contribution in [1.29, 1.82) is 0 Å². The molecule has 0 radical (unpaired) electrons. The number of nitrogens with two attached hydrogens (primary N) is 1. The van der Waals surface area contributed by atoms with Crippen LogP contribution in [0, 0.1) is 12.8 Å². The normalized spacial score (nSPS) is 22.9. The SMILES string of the molecule is Cc1cnc(-c2noc(C3CCCC(C(N)=O)C3)n2)s1. The molecule has 7 heteroatoms. The fourth-order valence-corrected chi connectivity index (χ4v) is 3.31. The third-order valence-corrected chi connectivity index (χ3v) is 4.59. The van der Waals surface area contributed by atoms with Crippen molar-refractivity contribution < 1.29 is 9.32 Å². The van der Waals surface area contributed by atoms with E-state index in [1.165, 1.54) is 11.3 Å². The van der Waals surface area contributed by atoms with Crippen LogP contribution < -0.4 is 5.73 Å². The molecule has 0 aliphatic heterocycles. The van der Waals surface area contributed by atoms with Crippen LogP contribution >= 0.6 is 11.3 Å². The lowest BCUT2D eigenvalue weighted by Crippen LogP contribution is -2.27. The minimum absolute atomic E-state index is 0.0776. The van der Waals surface area contributed by atoms with Crippen molar-refractivity contribution in [2.24, 2.45) is 11.7 Å². The summed E-state index contributed by atoms with van der Waals surface area (Å²) < 4.78 is 5.35. The van der Waals surface area contributed by atoms with Gasteiger partial charge in [-0.15, -0.1) is 11.3 Å². The summed E-state index contributed by atoms with van der Waals surface area (Å²) in [5.41, 5.74) is 5.39. The molecule has 0 bridgehead atoms. The van der Waals surface area contributed by atoms with E-state index in [-0.39, 0.29) is 17.7 Å². The first kappa shape index (κ1) is 13.2. The first-order valence-corrected chi connectivity index (χ1v) is 7.51. The topological polar surface area (TPSA) is 94.9 Å². The summed E-state index contributed by atoms with van der Waals surface area (Å²) in [5, 5.41) is 4.75. The number of amides is 1. The van der Waals surface area contributed by atoms with Crippen LogP contribution in [0.25, 0.3) is 10.8 Å². The number of thiazole rings is 1. The van der Waals surface area contributed by atoms with Gasteiger partial charge in [-0.25, -0.2) is 4.98 Å². The molecule has 3 rings (SSSR count). The van der Waals surface area contributed by atoms with Crippen LogP contribution in [0.4, 0.5) is 0 Å². The minimum Gasteiger partial charge on any atom is -0.369 e. The van der Waals surface area contributed by atoms with E-state index in [4.69, 9.17) is 10.3 Å². The molecule has 6 nitrogen and oxygen atoms in total. The van der Waals surface area contributed by atoms with Crippen LogP contribution in [0.1, 0.15) is 42.4 Å². The van der Waals surface area contributed by atoms with Gasteiger partial charge in [-0.3, -0.25) is 4.79 Å². The summed E-state index contributed by atoms with van der Waals surface area (Å²) in [6.07, 6.45) is 5.28. The Labute approximate surface area is 120 Å². The molecule has 2 aromatic heterocycles. The van der Waals surface area contributed by atoms with Crippen molar-refractivity contribution in [2.45, 2.75) is 38.5 Å². The molecule has 2 aromatic rings. The molecule has 2 atom stereocenters. The average molecular weight is 292 g/mol. The van der Waals surface area contributed by atoms with Gasteiger partial charge in [-0.2, -0.15) is 4.98 Å². The van der Waals surface area contributed by atoms with Crippen LogP contribution in [-0.2, 0) is 4.79 Å². The Kier molecular flexibility index (Phi) is 3.52. The first-order chi connectivity index (χ1) is 9.63. The summed E-state index contributed by atoms with van der Waals surface area (Å²) in [6, 6.07) is 0. The number of aromatic nitrogens is 3. The Hall–Kier alpha value is -1.76. The summed E-state index contributed by atoms with van der Waals surface area (Å²) in [7, 11) is 0. The fourth-order valence-electron chi connectivity index (χ4n) is 2.62. The van der Waals surface area contributed by atoms with Crippen molar-refractivity contribution in [3.05, 3.63) is 17.0 Å². The number of nitrogens with zero attached hydrogens (tertiary/aromatic N) is 3. The molecule has 2 heterocycles. The molecule has 2 unspecified atom stereocenters. The Morgan fingerprint density at radius 3 is 3.05 bits per heavy atom. The Balaban J connectivity index is 1.78. The highest BCUT2D eigenvalue weighted by Crippen LogP contribution is 2.36. The maximum Gasteiger partial charge on any atom is 0.231 e. The molecule has 1 saturated carbocycles. The zero-order chi connectivity index (χ0) is 14.1. The lowest BCUT2D eigenvalue weighted by molar-refractivity contribution is -0.122. The van der Waals surface area contributed by atoms with E-state index in [2.05, 4.69) is 15.1 Å². The van der Waals surface area contributed by atoms with Crippen LogP contribution in [0.15, 0.2) is 10.7 Å². The van der Waals surface area contributed by atoms with Gasteiger partial charge in [0.25, 0.3) is 0 Å². The number of aryl methyl sites for hydroxylation is 1. The predicted octanol–water partition coefficient (Wildman–Crippen LogP) is 2.26. The third kappa shape index (κ3) is 2.58. The summed E-state index contributed by atoms with van der Waals surface area (Å²) in [5.74, 6) is 0.942. The van der Waals surface area contributed by atoms with Crippen molar-refractivity contribution in [1.82, 2.24) is 15.1 Å². The quantitative estimate of drug-likeness (QED) is 0.936. The molecule has 1 aliphatic carbocycles. The number of hydrogen-bond donors (Lipinski definition) is 1. The number of rotatable bonds is 3. The monoisotopic (exact) mass is 292 g/mol. The van der Waals surface area contributed by atoms with Crippen molar-refractivity contribution in [2.75, 3.05) is 0 Å². The van der Waals surface area contributed by atoms with Crippen LogP contribution in [-0.4, -0.2) is 21.0 Å². The van der Waals surface area contributed by atoms with E-state index in [1.807, 2.05) is 6.92 Å². The van der Waals surface area contributed by atoms with Crippen LogP contribution in [0.2, 0.25) is 0 Å². The Morgan fingerprint density at radius 2 is 2.35 bits per heavy atom. The second-order valence-corrected chi connectivity index (χ2v) is 6.43. The molecule has 2 N–H and O–H groups in total. The van der Waals surface area contributed by atoms with Gasteiger partial charge in [-0.1, -0.05) is 11.6 Å². The summed E-state index contributed by atoms with van der Waals surface area (Å²) >= 11 is 1.54. The van der Waals surface area contributed by atoms with Gasteiger partial charge >= 0.3 is 0 Å². The molecule has 1 aliphatic rings. The molecule has 0 saturated heterocycles. The van der Waals surface area contributed by atoms with Gasteiger partial charge in [0, 0.05) is 22.9 Å². The summed E-state index contributed by atoms with van der Waals surface area (Å²) in [6.45, 7) is 1.99. The maximum atomic E-state index is 11.3.